The second-order valence-corrected chi connectivity index (χ2v) is 13.3. The molecule has 0 saturated carbocycles. The number of hydrogen-bond acceptors (Lipinski definition) is 8. The number of aromatic hydroxyl groups is 1. The Labute approximate surface area is 277 Å². The van der Waals surface area contributed by atoms with Gasteiger partial charge in [0.25, 0.3) is 0 Å². The highest BCUT2D eigenvalue weighted by Crippen LogP contribution is 2.30. The quantitative estimate of drug-likeness (QED) is 0.0714. The van der Waals surface area contributed by atoms with E-state index in [4.69, 9.17) is 27.5 Å². The molecule has 3 rings (SSSR count). The number of amides is 2. The maximum absolute atomic E-state index is 14.2. The van der Waals surface area contributed by atoms with Gasteiger partial charge in [-0.3, -0.25) is 14.6 Å². The summed E-state index contributed by atoms with van der Waals surface area (Å²) in [6, 6.07) is 11.0. The summed E-state index contributed by atoms with van der Waals surface area (Å²) in [5.41, 5.74) is 27.4. The molecule has 0 aliphatic rings. The predicted molar refractivity (Wildman–Crippen MR) is 183 cm³/mol. The van der Waals surface area contributed by atoms with Crippen LogP contribution in [0.4, 0.5) is 0 Å². The second-order valence-electron chi connectivity index (χ2n) is 13.3. The fourth-order valence-electron chi connectivity index (χ4n) is 5.81. The Morgan fingerprint density at radius 2 is 1.64 bits per heavy atom. The van der Waals surface area contributed by atoms with E-state index in [2.05, 4.69) is 65.5 Å². The molecule has 0 aliphatic heterocycles. The third-order valence-corrected chi connectivity index (χ3v) is 8.49. The highest BCUT2D eigenvalue weighted by molar-refractivity contribution is 5.87. The Kier molecular flexibility index (Phi) is 13.3. The number of benzene rings is 2. The fourth-order valence-corrected chi connectivity index (χ4v) is 5.81. The zero-order valence-corrected chi connectivity index (χ0v) is 28.4. The van der Waals surface area contributed by atoms with Crippen LogP contribution < -0.4 is 28.3 Å². The van der Waals surface area contributed by atoms with Gasteiger partial charge in [-0.1, -0.05) is 50.2 Å². The van der Waals surface area contributed by atoms with Gasteiger partial charge in [0.1, 0.15) is 11.8 Å². The number of aliphatic imine (C=N–C) groups is 1. The van der Waals surface area contributed by atoms with E-state index in [1.54, 1.807) is 12.1 Å². The van der Waals surface area contributed by atoms with Crippen molar-refractivity contribution >= 4 is 17.8 Å². The zero-order valence-electron chi connectivity index (χ0n) is 28.4. The normalized spacial score (nSPS) is 13.5. The van der Waals surface area contributed by atoms with Crippen molar-refractivity contribution in [2.75, 3.05) is 13.1 Å². The molecule has 12 heteroatoms. The number of rotatable bonds is 17. The lowest BCUT2D eigenvalue weighted by atomic mass is 9.80. The number of carbonyl (C=O) groups is 2. The molecule has 2 amide bonds. The minimum atomic E-state index is -0.825. The van der Waals surface area contributed by atoms with E-state index < -0.39 is 23.8 Å². The van der Waals surface area contributed by atoms with E-state index in [1.807, 2.05) is 13.8 Å². The van der Waals surface area contributed by atoms with E-state index in [1.165, 1.54) is 5.56 Å². The summed E-state index contributed by atoms with van der Waals surface area (Å²) in [7, 11) is 0. The highest BCUT2D eigenvalue weighted by Gasteiger charge is 2.35. The van der Waals surface area contributed by atoms with Crippen molar-refractivity contribution in [3.8, 4) is 5.75 Å². The van der Waals surface area contributed by atoms with E-state index in [9.17, 15) is 14.7 Å². The fraction of sp³-hybridized carbons (Fsp3) is 0.514. The first kappa shape index (κ1) is 37.0. The largest absolute Gasteiger partial charge is 0.508 e. The molecule has 3 aromatic rings. The zero-order chi connectivity index (χ0) is 34.7. The third-order valence-electron chi connectivity index (χ3n) is 8.49. The predicted octanol–water partition coefficient (Wildman–Crippen LogP) is 3.58. The Morgan fingerprint density at radius 3 is 2.21 bits per heavy atom. The van der Waals surface area contributed by atoms with Gasteiger partial charge in [-0.25, -0.2) is 0 Å². The van der Waals surface area contributed by atoms with Crippen LogP contribution in [-0.4, -0.2) is 46.1 Å². The lowest BCUT2D eigenvalue weighted by Gasteiger charge is -2.27. The number of nitrogens with zero attached hydrogens (tertiary/aromatic N) is 3. The molecule has 0 saturated heterocycles. The molecule has 12 nitrogen and oxygen atoms in total. The lowest BCUT2D eigenvalue weighted by Crippen LogP contribution is -2.43. The molecule has 1 aromatic heterocycles. The molecule has 2 aromatic carbocycles. The number of hydrogen-bond donors (Lipinski definition) is 6. The number of guanidine groups is 1. The van der Waals surface area contributed by atoms with E-state index in [0.717, 1.165) is 28.7 Å². The monoisotopic (exact) mass is 648 g/mol. The average Bonchev–Trinajstić information content (AvgIpc) is 3.44. The van der Waals surface area contributed by atoms with E-state index >= 15 is 0 Å². The number of primary amides is 1. The van der Waals surface area contributed by atoms with Crippen molar-refractivity contribution in [2.24, 2.45) is 39.8 Å². The summed E-state index contributed by atoms with van der Waals surface area (Å²) in [4.78, 5) is 35.7. The van der Waals surface area contributed by atoms with Gasteiger partial charge in [-0.2, -0.15) is 4.98 Å². The first-order chi connectivity index (χ1) is 22.2. The van der Waals surface area contributed by atoms with Gasteiger partial charge in [0.15, 0.2) is 11.8 Å². The third kappa shape index (κ3) is 11.1. The van der Waals surface area contributed by atoms with Crippen molar-refractivity contribution in [3.63, 3.8) is 0 Å². The number of nitrogens with one attached hydrogen (secondary N) is 1. The number of aryl methyl sites for hydroxylation is 2. The maximum Gasteiger partial charge on any atom is 0.249 e. The number of aromatic nitrogens is 2. The maximum atomic E-state index is 14.2. The molecule has 256 valence electrons. The Morgan fingerprint density at radius 1 is 0.979 bits per heavy atom. The molecule has 0 bridgehead atoms. The molecular formula is C35H52N8O4. The van der Waals surface area contributed by atoms with Crippen LogP contribution in [0.2, 0.25) is 0 Å². The van der Waals surface area contributed by atoms with Gasteiger partial charge in [-0.15, -0.1) is 0 Å². The van der Waals surface area contributed by atoms with Crippen molar-refractivity contribution in [1.82, 2.24) is 15.5 Å². The van der Waals surface area contributed by atoms with Crippen LogP contribution in [0.25, 0.3) is 0 Å². The molecule has 1 heterocycles. The molecule has 10 N–H and O–H groups in total. The Hall–Kier alpha value is -4.45. The van der Waals surface area contributed by atoms with Crippen LogP contribution in [0, 0.1) is 25.7 Å². The molecule has 1 unspecified atom stereocenters. The first-order valence-corrected chi connectivity index (χ1v) is 16.3. The van der Waals surface area contributed by atoms with Crippen LogP contribution in [0.3, 0.4) is 0 Å². The minimum absolute atomic E-state index is 0.0459. The van der Waals surface area contributed by atoms with Gasteiger partial charge >= 0.3 is 0 Å². The summed E-state index contributed by atoms with van der Waals surface area (Å²) < 4.78 is 5.70. The van der Waals surface area contributed by atoms with Gasteiger partial charge in [0.05, 0.1) is 5.92 Å². The van der Waals surface area contributed by atoms with Crippen LogP contribution in [0.1, 0.15) is 98.4 Å². The molecule has 0 spiro atoms. The smallest absolute Gasteiger partial charge is 0.249 e. The summed E-state index contributed by atoms with van der Waals surface area (Å²) in [5.74, 6) is -1.72. The molecule has 0 fully saturated rings. The second kappa shape index (κ2) is 16.9. The van der Waals surface area contributed by atoms with Gasteiger partial charge < -0.3 is 37.9 Å². The number of phenols is 1. The topological polar surface area (TPSA) is 222 Å². The number of phenolic OH excluding ortho intramolecular Hbond substituents is 1. The standard InChI is InChI=1S/C35H52N8O4/c1-21-17-25(44)18-22(2)27(21)20-28(26(31(37)45)9-8-16-40-34(38)39)32(46)41-29(10-6-7-15-36)33-42-30(43-47-33)19-23-11-13-24(14-12-23)35(3,4)5/h11-14,17-18,26,28-29,44H,6-10,15-16,19-20,36H2,1-5H3,(H2,37,45)(H,41,46)(H4,38,39,40)/t26?,28-,29+/m0/s1. The van der Waals surface area contributed by atoms with Crippen molar-refractivity contribution in [1.29, 1.82) is 0 Å². The van der Waals surface area contributed by atoms with E-state index in [-0.39, 0.29) is 35.3 Å². The van der Waals surface area contributed by atoms with E-state index in [0.29, 0.717) is 51.0 Å². The molecular weight excluding hydrogens is 596 g/mol. The van der Waals surface area contributed by atoms with Gasteiger partial charge in [-0.05, 0) is 104 Å². The summed E-state index contributed by atoms with van der Waals surface area (Å²) in [5, 5.41) is 17.4. The van der Waals surface area contributed by atoms with Crippen molar-refractivity contribution < 1.29 is 19.2 Å². The van der Waals surface area contributed by atoms with Crippen molar-refractivity contribution in [3.05, 3.63) is 75.9 Å². The van der Waals surface area contributed by atoms with Crippen LogP contribution in [0.5, 0.6) is 5.75 Å². The first-order valence-electron chi connectivity index (χ1n) is 16.3. The van der Waals surface area contributed by atoms with Crippen molar-refractivity contribution in [2.45, 2.75) is 91.0 Å². The van der Waals surface area contributed by atoms with Gasteiger partial charge in [0.2, 0.25) is 17.7 Å². The van der Waals surface area contributed by atoms with Gasteiger partial charge in [0, 0.05) is 18.9 Å². The Bertz CT molecular complexity index is 1480. The van der Waals surface area contributed by atoms with Crippen LogP contribution in [-0.2, 0) is 27.8 Å². The molecule has 0 aliphatic carbocycles. The number of carbonyl (C=O) groups excluding carboxylic acids is 2. The summed E-state index contributed by atoms with van der Waals surface area (Å²) in [6.45, 7) is 11.0. The summed E-state index contributed by atoms with van der Waals surface area (Å²) >= 11 is 0. The Balaban J connectivity index is 1.90. The molecule has 3 atom stereocenters. The summed E-state index contributed by atoms with van der Waals surface area (Å²) in [6.07, 6.45) is 3.43. The van der Waals surface area contributed by atoms with Crippen LogP contribution in [0.15, 0.2) is 45.9 Å². The average molecular weight is 649 g/mol. The lowest BCUT2D eigenvalue weighted by molar-refractivity contribution is -0.134. The SMILES string of the molecule is Cc1cc(O)cc(C)c1C[C@H](C(=O)N[C@H](CCCCN)c1nc(Cc2ccc(C(C)(C)C)cc2)no1)C(CCCN=C(N)N)C(N)=O. The highest BCUT2D eigenvalue weighted by atomic mass is 16.5. The molecule has 0 radical (unpaired) electrons. The molecule has 47 heavy (non-hydrogen) atoms. The number of unbranched alkanes of at least 4 members (excludes halogenated alkanes) is 1. The minimum Gasteiger partial charge on any atom is -0.508 e. The van der Waals surface area contributed by atoms with Crippen LogP contribution >= 0.6 is 0 Å². The number of nitrogens with two attached hydrogens (primary N) is 4.